The Bertz CT molecular complexity index is 1550. The summed E-state index contributed by atoms with van der Waals surface area (Å²) in [6.07, 6.45) is 4.53. The van der Waals surface area contributed by atoms with E-state index in [9.17, 15) is 9.59 Å². The average molecular weight is 610 g/mol. The van der Waals surface area contributed by atoms with Crippen LogP contribution in [0.4, 0.5) is 5.69 Å². The molecule has 2 amide bonds. The van der Waals surface area contributed by atoms with E-state index >= 15 is 0 Å². The number of anilines is 1. The molecule has 0 bridgehead atoms. The summed E-state index contributed by atoms with van der Waals surface area (Å²) in [6.45, 7) is 7.22. The number of carbonyl (C=O) groups excluding carboxylic acids is 2. The van der Waals surface area contributed by atoms with Gasteiger partial charge < -0.3 is 25.0 Å². The summed E-state index contributed by atoms with van der Waals surface area (Å²) in [5.41, 5.74) is 3.96. The number of benzene rings is 3. The summed E-state index contributed by atoms with van der Waals surface area (Å²) in [7, 11) is 3.19. The molecule has 1 fully saturated rings. The Kier molecular flexibility index (Phi) is 9.26. The lowest BCUT2D eigenvalue weighted by Gasteiger charge is -2.39. The minimum Gasteiger partial charge on any atom is -0.493 e. The van der Waals surface area contributed by atoms with Gasteiger partial charge in [0, 0.05) is 45.3 Å². The molecule has 3 aromatic rings. The van der Waals surface area contributed by atoms with Crippen LogP contribution >= 0.6 is 0 Å². The molecule has 1 saturated heterocycles. The average Bonchev–Trinajstić information content (AvgIpc) is 3.70. The monoisotopic (exact) mass is 609 g/mol. The molecule has 2 N–H and O–H groups in total. The third-order valence-electron chi connectivity index (χ3n) is 9.29. The number of fused-ring (bicyclic) bond motifs is 1. The lowest BCUT2D eigenvalue weighted by atomic mass is 9.99. The van der Waals surface area contributed by atoms with E-state index in [-0.39, 0.29) is 11.8 Å². The number of rotatable bonds is 12. The molecule has 9 nitrogen and oxygen atoms in total. The maximum Gasteiger partial charge on any atom is 0.264 e. The van der Waals surface area contributed by atoms with E-state index in [1.165, 1.54) is 10.5 Å². The molecule has 6 rings (SSSR count). The van der Waals surface area contributed by atoms with Crippen LogP contribution in [0.5, 0.6) is 11.5 Å². The fourth-order valence-corrected chi connectivity index (χ4v) is 6.78. The first kappa shape index (κ1) is 30.5. The Hall–Kier alpha value is -4.50. The van der Waals surface area contributed by atoms with Crippen molar-refractivity contribution in [3.8, 4) is 11.5 Å². The van der Waals surface area contributed by atoms with Crippen molar-refractivity contribution >= 4 is 17.5 Å². The highest BCUT2D eigenvalue weighted by atomic mass is 16.5. The molecule has 236 valence electrons. The number of methoxy groups -OCH3 is 2. The standard InChI is InChI=1S/C36H43N5O4/c1-25(26-10-5-4-6-11-26)39-20-22-40(23-21-39)30-13-7-12-28-34(30)36(43)41(35(28)42)29(14-8-18-37-33-15-9-19-38-33)27-16-17-31(44-2)32(24-27)45-3/h4-7,10-13,15-17,24-25,29,37-38H,8-9,14,18-23H2,1-3H3. The van der Waals surface area contributed by atoms with E-state index in [1.807, 2.05) is 36.4 Å². The summed E-state index contributed by atoms with van der Waals surface area (Å²) in [6, 6.07) is 21.7. The SMILES string of the molecule is COc1ccc(C(CCCNC2=CCCN2)N2C(=O)c3cccc(N4CCN(C(C)c5ccccc5)CC4)c3C2=O)cc1OC. The van der Waals surface area contributed by atoms with Crippen molar-refractivity contribution in [2.24, 2.45) is 0 Å². The van der Waals surface area contributed by atoms with E-state index < -0.39 is 6.04 Å². The largest absolute Gasteiger partial charge is 0.493 e. The molecule has 0 radical (unpaired) electrons. The van der Waals surface area contributed by atoms with E-state index in [0.717, 1.165) is 69.2 Å². The fraction of sp³-hybridized carbons (Fsp3) is 0.389. The molecule has 3 heterocycles. The van der Waals surface area contributed by atoms with E-state index in [1.54, 1.807) is 20.3 Å². The van der Waals surface area contributed by atoms with Crippen molar-refractivity contribution in [3.63, 3.8) is 0 Å². The molecule has 0 aliphatic carbocycles. The third kappa shape index (κ3) is 6.22. The minimum absolute atomic E-state index is 0.237. The first-order valence-electron chi connectivity index (χ1n) is 15.9. The van der Waals surface area contributed by atoms with Gasteiger partial charge in [0.15, 0.2) is 11.5 Å². The van der Waals surface area contributed by atoms with Gasteiger partial charge in [0.05, 0.1) is 42.9 Å². The van der Waals surface area contributed by atoms with Crippen molar-refractivity contribution in [2.75, 3.05) is 58.4 Å². The molecule has 2 unspecified atom stereocenters. The lowest BCUT2D eigenvalue weighted by molar-refractivity contribution is 0.0572. The number of hydrogen-bond donors (Lipinski definition) is 2. The second-order valence-electron chi connectivity index (χ2n) is 11.8. The highest BCUT2D eigenvalue weighted by Gasteiger charge is 2.43. The fourth-order valence-electron chi connectivity index (χ4n) is 6.78. The van der Waals surface area contributed by atoms with Gasteiger partial charge in [-0.2, -0.15) is 0 Å². The van der Waals surface area contributed by atoms with Gasteiger partial charge in [-0.25, -0.2) is 0 Å². The maximum absolute atomic E-state index is 14.3. The topological polar surface area (TPSA) is 86.4 Å². The molecular formula is C36H43N5O4. The number of nitrogens with zero attached hydrogens (tertiary/aromatic N) is 3. The van der Waals surface area contributed by atoms with Gasteiger partial charge in [-0.3, -0.25) is 19.4 Å². The zero-order chi connectivity index (χ0) is 31.3. The second-order valence-corrected chi connectivity index (χ2v) is 11.8. The van der Waals surface area contributed by atoms with E-state index in [4.69, 9.17) is 9.47 Å². The number of imide groups is 1. The van der Waals surface area contributed by atoms with Gasteiger partial charge in [0.25, 0.3) is 11.8 Å². The van der Waals surface area contributed by atoms with Gasteiger partial charge in [-0.15, -0.1) is 0 Å². The molecule has 3 aliphatic heterocycles. The quantitative estimate of drug-likeness (QED) is 0.216. The van der Waals surface area contributed by atoms with Crippen molar-refractivity contribution in [2.45, 2.75) is 38.3 Å². The molecule has 45 heavy (non-hydrogen) atoms. The minimum atomic E-state index is -0.457. The number of nitrogens with one attached hydrogen (secondary N) is 2. The molecule has 0 saturated carbocycles. The number of carbonyl (C=O) groups is 2. The van der Waals surface area contributed by atoms with Crippen LogP contribution < -0.4 is 25.0 Å². The Balaban J connectivity index is 1.23. The van der Waals surface area contributed by atoms with Crippen LogP contribution in [-0.4, -0.2) is 75.1 Å². The summed E-state index contributed by atoms with van der Waals surface area (Å²) in [5, 5.41) is 6.77. The van der Waals surface area contributed by atoms with Gasteiger partial charge in [-0.1, -0.05) is 42.5 Å². The molecule has 0 aromatic heterocycles. The molecule has 2 atom stereocenters. The lowest BCUT2D eigenvalue weighted by Crippen LogP contribution is -2.47. The predicted octanol–water partition coefficient (Wildman–Crippen LogP) is 5.13. The van der Waals surface area contributed by atoms with Crippen LogP contribution in [0.15, 0.2) is 78.6 Å². The highest BCUT2D eigenvalue weighted by Crippen LogP contribution is 2.40. The van der Waals surface area contributed by atoms with Gasteiger partial charge in [-0.05, 0) is 67.7 Å². The first-order valence-corrected chi connectivity index (χ1v) is 15.9. The normalized spacial score (nSPS) is 17.9. The van der Waals surface area contributed by atoms with Crippen LogP contribution in [0.2, 0.25) is 0 Å². The van der Waals surface area contributed by atoms with Gasteiger partial charge in [0.1, 0.15) is 0 Å². The van der Waals surface area contributed by atoms with Crippen LogP contribution in [0.3, 0.4) is 0 Å². The van der Waals surface area contributed by atoms with Crippen LogP contribution in [-0.2, 0) is 0 Å². The predicted molar refractivity (Wildman–Crippen MR) is 176 cm³/mol. The number of amides is 2. The molecule has 9 heteroatoms. The van der Waals surface area contributed by atoms with Gasteiger partial charge in [0.2, 0.25) is 0 Å². The molecule has 3 aliphatic rings. The van der Waals surface area contributed by atoms with Crippen LogP contribution in [0.1, 0.15) is 70.1 Å². The number of piperazine rings is 1. The first-order chi connectivity index (χ1) is 22.0. The highest BCUT2D eigenvalue weighted by molar-refractivity contribution is 6.24. The Morgan fingerprint density at radius 2 is 1.64 bits per heavy atom. The zero-order valence-electron chi connectivity index (χ0n) is 26.4. The van der Waals surface area contributed by atoms with E-state index in [0.29, 0.717) is 35.1 Å². The van der Waals surface area contributed by atoms with Crippen LogP contribution in [0, 0.1) is 0 Å². The number of hydrogen-bond acceptors (Lipinski definition) is 8. The van der Waals surface area contributed by atoms with Crippen molar-refractivity contribution < 1.29 is 19.1 Å². The zero-order valence-corrected chi connectivity index (χ0v) is 26.4. The molecule has 0 spiro atoms. The molecular weight excluding hydrogens is 566 g/mol. The number of ether oxygens (including phenoxy) is 2. The van der Waals surface area contributed by atoms with Crippen molar-refractivity contribution in [1.82, 2.24) is 20.4 Å². The second kappa shape index (κ2) is 13.6. The van der Waals surface area contributed by atoms with Crippen LogP contribution in [0.25, 0.3) is 0 Å². The van der Waals surface area contributed by atoms with Gasteiger partial charge >= 0.3 is 0 Å². The Labute approximate surface area is 265 Å². The Morgan fingerprint density at radius 3 is 2.36 bits per heavy atom. The van der Waals surface area contributed by atoms with Crippen molar-refractivity contribution in [3.05, 3.63) is 101 Å². The summed E-state index contributed by atoms with van der Waals surface area (Å²) in [4.78, 5) is 34.6. The van der Waals surface area contributed by atoms with Crippen molar-refractivity contribution in [1.29, 1.82) is 0 Å². The summed E-state index contributed by atoms with van der Waals surface area (Å²) in [5.74, 6) is 1.73. The Morgan fingerprint density at radius 1 is 0.867 bits per heavy atom. The smallest absolute Gasteiger partial charge is 0.264 e. The van der Waals surface area contributed by atoms with E-state index in [2.05, 4.69) is 57.7 Å². The molecule has 3 aromatic carbocycles. The summed E-state index contributed by atoms with van der Waals surface area (Å²) >= 11 is 0. The third-order valence-corrected chi connectivity index (χ3v) is 9.29. The maximum atomic E-state index is 14.3. The summed E-state index contributed by atoms with van der Waals surface area (Å²) < 4.78 is 11.1.